The molecule has 0 N–H and O–H groups in total. The number of thiazole rings is 1. The fraction of sp³-hybridized carbons (Fsp3) is 0.148. The number of hydrogen-bond donors (Lipinski definition) is 0. The molecule has 176 valence electrons. The number of nitrogens with zero attached hydrogens (tertiary/aromatic N) is 2. The molecule has 0 saturated carbocycles. The van der Waals surface area contributed by atoms with Crippen LogP contribution in [0.25, 0.3) is 44.5 Å². The van der Waals surface area contributed by atoms with Crippen molar-refractivity contribution in [2.24, 2.45) is 0 Å². The van der Waals surface area contributed by atoms with E-state index in [-0.39, 0.29) is 4.90 Å². The van der Waals surface area contributed by atoms with Gasteiger partial charge in [-0.05, 0) is 60.0 Å². The third-order valence-electron chi connectivity index (χ3n) is 6.06. The molecule has 6 rings (SSSR count). The van der Waals surface area contributed by atoms with E-state index in [0.717, 1.165) is 26.2 Å². The molecule has 8 heteroatoms. The van der Waals surface area contributed by atoms with Gasteiger partial charge in [-0.15, -0.1) is 11.3 Å². The summed E-state index contributed by atoms with van der Waals surface area (Å²) in [7, 11) is -3.51. The first-order chi connectivity index (χ1) is 17.1. The lowest BCUT2D eigenvalue weighted by Gasteiger charge is -2.26. The normalized spacial score (nSPS) is 15.4. The molecule has 2 aromatic heterocycles. The Morgan fingerprint density at radius 3 is 2.51 bits per heavy atom. The third kappa shape index (κ3) is 4.30. The number of furan rings is 1. The molecule has 3 aromatic carbocycles. The van der Waals surface area contributed by atoms with Crippen LogP contribution in [0, 0.1) is 0 Å². The lowest BCUT2D eigenvalue weighted by atomic mass is 10.1. The maximum Gasteiger partial charge on any atom is 0.243 e. The molecule has 0 radical (unpaired) electrons. The van der Waals surface area contributed by atoms with Crippen LogP contribution in [0.4, 0.5) is 0 Å². The Labute approximate surface area is 207 Å². The summed E-state index contributed by atoms with van der Waals surface area (Å²) in [6.07, 6.45) is 3.86. The number of ether oxygens (including phenoxy) is 1. The van der Waals surface area contributed by atoms with Gasteiger partial charge in [0, 0.05) is 24.0 Å². The van der Waals surface area contributed by atoms with E-state index in [0.29, 0.717) is 37.8 Å². The Hall–Kier alpha value is -3.30. The van der Waals surface area contributed by atoms with Crippen LogP contribution < -0.4 is 0 Å². The van der Waals surface area contributed by atoms with Crippen LogP contribution in [-0.2, 0) is 14.8 Å². The molecule has 1 fully saturated rings. The molecule has 0 aliphatic carbocycles. The van der Waals surface area contributed by atoms with Gasteiger partial charge in [-0.1, -0.05) is 30.3 Å². The third-order valence-corrected chi connectivity index (χ3v) is 8.96. The summed E-state index contributed by atoms with van der Waals surface area (Å²) in [6, 6.07) is 23.1. The molecule has 0 spiro atoms. The fourth-order valence-corrected chi connectivity index (χ4v) is 6.52. The van der Waals surface area contributed by atoms with Gasteiger partial charge in [0.15, 0.2) is 0 Å². The van der Waals surface area contributed by atoms with Gasteiger partial charge in [0.1, 0.15) is 16.5 Å². The minimum Gasteiger partial charge on any atom is -0.457 e. The molecule has 6 nitrogen and oxygen atoms in total. The van der Waals surface area contributed by atoms with Gasteiger partial charge in [-0.2, -0.15) is 4.31 Å². The Kier molecular flexibility index (Phi) is 5.74. The van der Waals surface area contributed by atoms with Gasteiger partial charge < -0.3 is 9.15 Å². The van der Waals surface area contributed by atoms with E-state index < -0.39 is 10.0 Å². The van der Waals surface area contributed by atoms with E-state index in [1.807, 2.05) is 36.4 Å². The lowest BCUT2D eigenvalue weighted by molar-refractivity contribution is 0.0730. The van der Waals surface area contributed by atoms with E-state index in [4.69, 9.17) is 14.1 Å². The maximum atomic E-state index is 12.8. The van der Waals surface area contributed by atoms with Crippen molar-refractivity contribution in [2.45, 2.75) is 4.90 Å². The van der Waals surface area contributed by atoms with Gasteiger partial charge in [0.25, 0.3) is 0 Å². The summed E-state index contributed by atoms with van der Waals surface area (Å²) in [4.78, 5) is 5.09. The summed E-state index contributed by atoms with van der Waals surface area (Å²) >= 11 is 1.64. The number of hydrogen-bond acceptors (Lipinski definition) is 6. The molecule has 5 aromatic rings. The Balaban J connectivity index is 1.21. The molecular weight excluding hydrogens is 480 g/mol. The van der Waals surface area contributed by atoms with Crippen molar-refractivity contribution in [1.82, 2.24) is 9.29 Å². The first kappa shape index (κ1) is 22.2. The highest BCUT2D eigenvalue weighted by Crippen LogP contribution is 2.31. The first-order valence-electron chi connectivity index (χ1n) is 11.3. The van der Waals surface area contributed by atoms with Crippen molar-refractivity contribution in [1.29, 1.82) is 0 Å². The van der Waals surface area contributed by atoms with Crippen LogP contribution in [0.1, 0.15) is 10.8 Å². The number of rotatable bonds is 5. The molecule has 0 unspecified atom stereocenters. The zero-order valence-corrected chi connectivity index (χ0v) is 20.4. The standard InChI is InChI=1S/C27H22N2O4S2/c30-35(31,29-15-17-32-18-16-29)22-10-5-20(6-11-22)24-12-8-21(33-24)9-14-26-28-27-23-4-2-1-3-19(23)7-13-25(27)34-26/h1-14H,15-18H2. The molecule has 3 heterocycles. The highest BCUT2D eigenvalue weighted by atomic mass is 32.2. The predicted molar refractivity (Wildman–Crippen MR) is 140 cm³/mol. The van der Waals surface area contributed by atoms with Crippen molar-refractivity contribution < 1.29 is 17.6 Å². The Morgan fingerprint density at radius 2 is 1.69 bits per heavy atom. The average Bonchev–Trinajstić information content (AvgIpc) is 3.55. The number of fused-ring (bicyclic) bond motifs is 3. The highest BCUT2D eigenvalue weighted by Gasteiger charge is 2.26. The van der Waals surface area contributed by atoms with Gasteiger partial charge in [-0.3, -0.25) is 0 Å². The number of benzene rings is 3. The zero-order valence-electron chi connectivity index (χ0n) is 18.8. The van der Waals surface area contributed by atoms with E-state index in [1.54, 1.807) is 35.6 Å². The predicted octanol–water partition coefficient (Wildman–Crippen LogP) is 5.90. The number of aromatic nitrogens is 1. The van der Waals surface area contributed by atoms with Crippen molar-refractivity contribution in [2.75, 3.05) is 26.3 Å². The molecule has 0 atom stereocenters. The maximum absolute atomic E-state index is 12.8. The Morgan fingerprint density at radius 1 is 0.886 bits per heavy atom. The summed E-state index contributed by atoms with van der Waals surface area (Å²) in [5.41, 5.74) is 1.83. The largest absolute Gasteiger partial charge is 0.457 e. The summed E-state index contributed by atoms with van der Waals surface area (Å²) < 4.78 is 39.5. The summed E-state index contributed by atoms with van der Waals surface area (Å²) in [6.45, 7) is 1.60. The van der Waals surface area contributed by atoms with Gasteiger partial charge >= 0.3 is 0 Å². The van der Waals surface area contributed by atoms with E-state index >= 15 is 0 Å². The second-order valence-corrected chi connectivity index (χ2v) is 11.3. The van der Waals surface area contributed by atoms with Crippen LogP contribution in [0.3, 0.4) is 0 Å². The molecular formula is C27H22N2O4S2. The summed E-state index contributed by atoms with van der Waals surface area (Å²) in [5, 5.41) is 3.24. The number of morpholine rings is 1. The zero-order chi connectivity index (χ0) is 23.8. The van der Waals surface area contributed by atoms with E-state index in [9.17, 15) is 8.42 Å². The second kappa shape index (κ2) is 9.05. The Bertz CT molecular complexity index is 1640. The first-order valence-corrected chi connectivity index (χ1v) is 13.6. The van der Waals surface area contributed by atoms with Gasteiger partial charge in [0.2, 0.25) is 10.0 Å². The van der Waals surface area contributed by atoms with Crippen molar-refractivity contribution in [3.05, 3.63) is 83.6 Å². The van der Waals surface area contributed by atoms with Crippen LogP contribution in [-0.4, -0.2) is 44.0 Å². The van der Waals surface area contributed by atoms with E-state index in [2.05, 4.69) is 24.3 Å². The minimum absolute atomic E-state index is 0.276. The van der Waals surface area contributed by atoms with Crippen molar-refractivity contribution in [3.8, 4) is 11.3 Å². The smallest absolute Gasteiger partial charge is 0.243 e. The number of sulfonamides is 1. The van der Waals surface area contributed by atoms with Gasteiger partial charge in [0.05, 0.1) is 28.3 Å². The topological polar surface area (TPSA) is 72.6 Å². The molecule has 0 bridgehead atoms. The van der Waals surface area contributed by atoms with Crippen LogP contribution in [0.15, 0.2) is 82.1 Å². The van der Waals surface area contributed by atoms with Crippen LogP contribution in [0.5, 0.6) is 0 Å². The molecule has 1 aliphatic rings. The van der Waals surface area contributed by atoms with Gasteiger partial charge in [-0.25, -0.2) is 13.4 Å². The second-order valence-electron chi connectivity index (χ2n) is 8.26. The summed E-state index contributed by atoms with van der Waals surface area (Å²) in [5.74, 6) is 1.38. The highest BCUT2D eigenvalue weighted by molar-refractivity contribution is 7.89. The van der Waals surface area contributed by atoms with Crippen LogP contribution >= 0.6 is 11.3 Å². The minimum atomic E-state index is -3.51. The van der Waals surface area contributed by atoms with Crippen molar-refractivity contribution in [3.63, 3.8) is 0 Å². The molecule has 35 heavy (non-hydrogen) atoms. The average molecular weight is 503 g/mol. The molecule has 1 aliphatic heterocycles. The van der Waals surface area contributed by atoms with Crippen LogP contribution in [0.2, 0.25) is 0 Å². The van der Waals surface area contributed by atoms with E-state index in [1.165, 1.54) is 9.69 Å². The quantitative estimate of drug-likeness (QED) is 0.299. The molecule has 0 amide bonds. The monoisotopic (exact) mass is 502 g/mol. The molecule has 1 saturated heterocycles. The van der Waals surface area contributed by atoms with Crippen molar-refractivity contribution >= 4 is 54.5 Å². The lowest BCUT2D eigenvalue weighted by Crippen LogP contribution is -2.40. The fourth-order valence-electron chi connectivity index (χ4n) is 4.23. The SMILES string of the molecule is O=S(=O)(c1ccc(-c2ccc(C=Cc3nc4c(ccc5ccccc54)s3)o2)cc1)N1CCOCC1.